The van der Waals surface area contributed by atoms with Gasteiger partial charge in [0.05, 0.1) is 11.2 Å². The fourth-order valence-corrected chi connectivity index (χ4v) is 3.02. The van der Waals surface area contributed by atoms with E-state index >= 15 is 0 Å². The molecule has 1 saturated carbocycles. The van der Waals surface area contributed by atoms with Crippen LogP contribution in [-0.2, 0) is 0 Å². The van der Waals surface area contributed by atoms with Crippen LogP contribution >= 0.6 is 11.6 Å². The van der Waals surface area contributed by atoms with Crippen LogP contribution in [0.5, 0.6) is 0 Å². The average Bonchev–Trinajstić information content (AvgIpc) is 2.72. The van der Waals surface area contributed by atoms with E-state index in [2.05, 4.69) is 15.3 Å². The number of hydrogen-bond donors (Lipinski definition) is 2. The Bertz CT molecular complexity index is 522. The number of nitrogens with one attached hydrogen (secondary N) is 1. The Balaban J connectivity index is 2.15. The van der Waals surface area contributed by atoms with Crippen LogP contribution in [0.1, 0.15) is 68.2 Å². The van der Waals surface area contributed by atoms with Crippen LogP contribution in [0.4, 0.5) is 0 Å². The second-order valence-electron chi connectivity index (χ2n) is 6.24. The van der Waals surface area contributed by atoms with Crippen molar-refractivity contribution in [2.45, 2.75) is 57.9 Å². The molecule has 1 amide bonds. The molecule has 122 valence electrons. The molecule has 0 spiro atoms. The topological polar surface area (TPSA) is 75.1 Å². The van der Waals surface area contributed by atoms with E-state index in [9.17, 15) is 9.90 Å². The van der Waals surface area contributed by atoms with Crippen molar-refractivity contribution in [3.63, 3.8) is 0 Å². The van der Waals surface area contributed by atoms with Crippen molar-refractivity contribution in [1.82, 2.24) is 15.3 Å². The molecule has 1 aromatic rings. The van der Waals surface area contributed by atoms with Crippen molar-refractivity contribution in [2.24, 2.45) is 5.92 Å². The summed E-state index contributed by atoms with van der Waals surface area (Å²) in [7, 11) is 0. The highest BCUT2D eigenvalue weighted by atomic mass is 35.5. The molecule has 0 saturated heterocycles. The quantitative estimate of drug-likeness (QED) is 0.835. The third-order valence-electron chi connectivity index (χ3n) is 4.20. The normalized spacial score (nSPS) is 22.4. The van der Waals surface area contributed by atoms with Crippen molar-refractivity contribution >= 4 is 17.5 Å². The minimum absolute atomic E-state index is 0.0199. The third-order valence-corrected chi connectivity index (χ3v) is 4.48. The van der Waals surface area contributed by atoms with Gasteiger partial charge < -0.3 is 10.4 Å². The first-order valence-corrected chi connectivity index (χ1v) is 8.35. The van der Waals surface area contributed by atoms with Gasteiger partial charge in [0, 0.05) is 24.5 Å². The fraction of sp³-hybridized carbons (Fsp3) is 0.688. The molecule has 0 aromatic carbocycles. The van der Waals surface area contributed by atoms with Crippen LogP contribution in [0.2, 0.25) is 5.02 Å². The Morgan fingerprint density at radius 3 is 2.82 bits per heavy atom. The summed E-state index contributed by atoms with van der Waals surface area (Å²) in [6, 6.07) is -0.0199. The number of amides is 1. The number of aromatic nitrogens is 2. The van der Waals surface area contributed by atoms with E-state index in [1.165, 1.54) is 6.20 Å². The van der Waals surface area contributed by atoms with E-state index in [0.717, 1.165) is 32.1 Å². The maximum Gasteiger partial charge on any atom is 0.271 e. The molecular formula is C16H24ClN3O2. The maximum absolute atomic E-state index is 12.5. The molecule has 1 aliphatic carbocycles. The second kappa shape index (κ2) is 7.88. The van der Waals surface area contributed by atoms with E-state index < -0.39 is 0 Å². The van der Waals surface area contributed by atoms with Crippen LogP contribution in [0.15, 0.2) is 6.20 Å². The van der Waals surface area contributed by atoms with Crippen molar-refractivity contribution in [2.75, 3.05) is 6.61 Å². The highest BCUT2D eigenvalue weighted by Crippen LogP contribution is 2.24. The summed E-state index contributed by atoms with van der Waals surface area (Å²) in [5.74, 6) is 0.567. The lowest BCUT2D eigenvalue weighted by molar-refractivity contribution is 0.0894. The van der Waals surface area contributed by atoms with Crippen LogP contribution in [0.25, 0.3) is 0 Å². The standard InChI is InChI=1S/C16H24ClN3O2/c1-10(2)15-18-8-12(17)14(20-15)16(22)19-13-7-5-3-4-6-11(13)9-21/h8,10-11,13,21H,3-7,9H2,1-2H3,(H,19,22). The molecule has 2 unspecified atom stereocenters. The summed E-state index contributed by atoms with van der Waals surface area (Å²) in [6.45, 7) is 4.04. The van der Waals surface area contributed by atoms with E-state index in [-0.39, 0.29) is 41.1 Å². The predicted molar refractivity (Wildman–Crippen MR) is 86.0 cm³/mol. The molecule has 0 bridgehead atoms. The smallest absolute Gasteiger partial charge is 0.271 e. The zero-order valence-corrected chi connectivity index (χ0v) is 13.9. The number of carbonyl (C=O) groups is 1. The predicted octanol–water partition coefficient (Wildman–Crippen LogP) is 2.92. The Kier molecular flexibility index (Phi) is 6.15. The molecule has 5 nitrogen and oxygen atoms in total. The molecule has 2 atom stereocenters. The van der Waals surface area contributed by atoms with Gasteiger partial charge in [-0.1, -0.05) is 44.7 Å². The minimum atomic E-state index is -0.278. The number of nitrogens with zero attached hydrogens (tertiary/aromatic N) is 2. The van der Waals surface area contributed by atoms with Crippen molar-refractivity contribution < 1.29 is 9.90 Å². The first-order chi connectivity index (χ1) is 10.5. The number of hydrogen-bond acceptors (Lipinski definition) is 4. The number of aliphatic hydroxyl groups excluding tert-OH is 1. The number of halogens is 1. The summed E-state index contributed by atoms with van der Waals surface area (Å²) in [5, 5.41) is 12.8. The van der Waals surface area contributed by atoms with Gasteiger partial charge in [-0.25, -0.2) is 9.97 Å². The fourth-order valence-electron chi connectivity index (χ4n) is 2.85. The summed E-state index contributed by atoms with van der Waals surface area (Å²) >= 11 is 6.08. The molecule has 1 aliphatic rings. The second-order valence-corrected chi connectivity index (χ2v) is 6.65. The summed E-state index contributed by atoms with van der Waals surface area (Å²) in [5.41, 5.74) is 0.223. The number of aliphatic hydroxyl groups is 1. The van der Waals surface area contributed by atoms with Gasteiger partial charge >= 0.3 is 0 Å². The molecular weight excluding hydrogens is 302 g/mol. The highest BCUT2D eigenvalue weighted by molar-refractivity contribution is 6.33. The van der Waals surface area contributed by atoms with Gasteiger partial charge in [0.15, 0.2) is 0 Å². The van der Waals surface area contributed by atoms with E-state index in [1.54, 1.807) is 0 Å². The molecule has 0 radical (unpaired) electrons. The van der Waals surface area contributed by atoms with Gasteiger partial charge in [0.25, 0.3) is 5.91 Å². The lowest BCUT2D eigenvalue weighted by atomic mass is 9.95. The van der Waals surface area contributed by atoms with Crippen molar-refractivity contribution in [1.29, 1.82) is 0 Å². The molecule has 1 aromatic heterocycles. The van der Waals surface area contributed by atoms with Gasteiger partial charge in [-0.05, 0) is 12.8 Å². The Morgan fingerprint density at radius 1 is 1.41 bits per heavy atom. The minimum Gasteiger partial charge on any atom is -0.396 e. The zero-order chi connectivity index (χ0) is 16.1. The average molecular weight is 326 g/mol. The van der Waals surface area contributed by atoms with Gasteiger partial charge in [-0.15, -0.1) is 0 Å². The lowest BCUT2D eigenvalue weighted by Crippen LogP contribution is -2.41. The van der Waals surface area contributed by atoms with Gasteiger partial charge in [-0.3, -0.25) is 4.79 Å². The van der Waals surface area contributed by atoms with E-state index in [1.807, 2.05) is 13.8 Å². The molecule has 2 N–H and O–H groups in total. The van der Waals surface area contributed by atoms with Crippen molar-refractivity contribution in [3.8, 4) is 0 Å². The van der Waals surface area contributed by atoms with Crippen LogP contribution in [-0.4, -0.2) is 33.6 Å². The lowest BCUT2D eigenvalue weighted by Gasteiger charge is -2.24. The van der Waals surface area contributed by atoms with Crippen molar-refractivity contribution in [3.05, 3.63) is 22.7 Å². The largest absolute Gasteiger partial charge is 0.396 e. The van der Waals surface area contributed by atoms with Crippen LogP contribution in [0, 0.1) is 5.92 Å². The highest BCUT2D eigenvalue weighted by Gasteiger charge is 2.26. The van der Waals surface area contributed by atoms with E-state index in [0.29, 0.717) is 5.82 Å². The third kappa shape index (κ3) is 4.17. The van der Waals surface area contributed by atoms with Crippen LogP contribution < -0.4 is 5.32 Å². The Labute approximate surface area is 136 Å². The molecule has 1 fully saturated rings. The number of rotatable bonds is 4. The monoisotopic (exact) mass is 325 g/mol. The Morgan fingerprint density at radius 2 is 2.14 bits per heavy atom. The molecule has 1 heterocycles. The SMILES string of the molecule is CC(C)c1ncc(Cl)c(C(=O)NC2CCCCCC2CO)n1. The van der Waals surface area contributed by atoms with Gasteiger partial charge in [0.1, 0.15) is 11.5 Å². The summed E-state index contributed by atoms with van der Waals surface area (Å²) in [4.78, 5) is 21.0. The first kappa shape index (κ1) is 17.2. The van der Waals surface area contributed by atoms with Gasteiger partial charge in [-0.2, -0.15) is 0 Å². The van der Waals surface area contributed by atoms with Crippen LogP contribution in [0.3, 0.4) is 0 Å². The van der Waals surface area contributed by atoms with E-state index in [4.69, 9.17) is 11.6 Å². The molecule has 0 aliphatic heterocycles. The molecule has 6 heteroatoms. The Hall–Kier alpha value is -1.20. The van der Waals surface area contributed by atoms with Gasteiger partial charge in [0.2, 0.25) is 0 Å². The number of carbonyl (C=O) groups excluding carboxylic acids is 1. The zero-order valence-electron chi connectivity index (χ0n) is 13.2. The summed E-state index contributed by atoms with van der Waals surface area (Å²) in [6.07, 6.45) is 6.62. The maximum atomic E-state index is 12.5. The summed E-state index contributed by atoms with van der Waals surface area (Å²) < 4.78 is 0. The molecule has 2 rings (SSSR count). The molecule has 22 heavy (non-hydrogen) atoms. The first-order valence-electron chi connectivity index (χ1n) is 7.97.